The Morgan fingerprint density at radius 2 is 1.85 bits per heavy atom. The monoisotopic (exact) mass is 358 g/mol. The van der Waals surface area contributed by atoms with E-state index in [1.807, 2.05) is 35.2 Å². The molecule has 0 saturated carbocycles. The number of amides is 1. The molecule has 4 heterocycles. The zero-order chi connectivity index (χ0) is 18.2. The van der Waals surface area contributed by atoms with Gasteiger partial charge in [-0.2, -0.15) is 10.2 Å². The van der Waals surface area contributed by atoms with Gasteiger partial charge in [-0.1, -0.05) is 36.4 Å². The van der Waals surface area contributed by atoms with Crippen LogP contribution in [-0.2, 0) is 12.8 Å². The molecule has 0 bridgehead atoms. The van der Waals surface area contributed by atoms with Crippen LogP contribution in [0.2, 0.25) is 0 Å². The summed E-state index contributed by atoms with van der Waals surface area (Å²) in [6.45, 7) is 1.30. The number of aromatic amines is 1. The number of pyridine rings is 1. The number of hydrogen-bond acceptors (Lipinski definition) is 4. The lowest BCUT2D eigenvalue weighted by molar-refractivity contribution is 0.0754. The van der Waals surface area contributed by atoms with Gasteiger partial charge in [0.05, 0.1) is 5.69 Å². The predicted molar refractivity (Wildman–Crippen MR) is 100 cm³/mol. The van der Waals surface area contributed by atoms with Gasteiger partial charge in [0.2, 0.25) is 0 Å². The van der Waals surface area contributed by atoms with Crippen molar-refractivity contribution in [3.05, 3.63) is 71.8 Å². The molecule has 1 N–H and O–H groups in total. The van der Waals surface area contributed by atoms with Crippen LogP contribution >= 0.6 is 0 Å². The number of carbonyl (C=O) groups is 1. The van der Waals surface area contributed by atoms with E-state index in [0.717, 1.165) is 29.8 Å². The van der Waals surface area contributed by atoms with Gasteiger partial charge in [-0.15, -0.1) is 0 Å². The summed E-state index contributed by atoms with van der Waals surface area (Å²) in [4.78, 5) is 19.2. The van der Waals surface area contributed by atoms with Crippen LogP contribution in [0, 0.1) is 0 Å². The Kier molecular flexibility index (Phi) is 3.71. The molecule has 0 fully saturated rings. The third kappa shape index (κ3) is 2.68. The van der Waals surface area contributed by atoms with Crippen molar-refractivity contribution in [1.82, 2.24) is 29.7 Å². The van der Waals surface area contributed by atoms with Crippen molar-refractivity contribution in [1.29, 1.82) is 0 Å². The van der Waals surface area contributed by atoms with Crippen LogP contribution < -0.4 is 0 Å². The first-order valence-electron chi connectivity index (χ1n) is 9.01. The number of carbonyl (C=O) groups excluding carboxylic acids is 1. The SMILES string of the molecule is O=C(c1cccc2ncnn12)N1CCc2[nH]nc(-c3ccccc3)c2CC1. The number of nitrogens with zero attached hydrogens (tertiary/aromatic N) is 5. The normalized spacial score (nSPS) is 14.1. The summed E-state index contributed by atoms with van der Waals surface area (Å²) in [7, 11) is 0. The van der Waals surface area contributed by atoms with E-state index in [9.17, 15) is 4.79 Å². The summed E-state index contributed by atoms with van der Waals surface area (Å²) in [6.07, 6.45) is 3.00. The quantitative estimate of drug-likeness (QED) is 0.597. The molecule has 1 aliphatic heterocycles. The van der Waals surface area contributed by atoms with Crippen LogP contribution in [0.25, 0.3) is 16.9 Å². The first-order valence-corrected chi connectivity index (χ1v) is 9.01. The fraction of sp³-hybridized carbons (Fsp3) is 0.200. The molecular weight excluding hydrogens is 340 g/mol. The van der Waals surface area contributed by atoms with E-state index in [1.54, 1.807) is 10.6 Å². The number of hydrogen-bond donors (Lipinski definition) is 1. The van der Waals surface area contributed by atoms with Crippen LogP contribution in [0.4, 0.5) is 0 Å². The minimum absolute atomic E-state index is 0.0227. The molecule has 0 radical (unpaired) electrons. The van der Waals surface area contributed by atoms with Gasteiger partial charge >= 0.3 is 0 Å². The smallest absolute Gasteiger partial charge is 0.272 e. The minimum atomic E-state index is -0.0227. The highest BCUT2D eigenvalue weighted by Gasteiger charge is 2.25. The number of H-pyrrole nitrogens is 1. The molecule has 134 valence electrons. The fourth-order valence-corrected chi connectivity index (χ4v) is 3.69. The zero-order valence-corrected chi connectivity index (χ0v) is 14.7. The second-order valence-corrected chi connectivity index (χ2v) is 6.63. The van der Waals surface area contributed by atoms with Crippen molar-refractivity contribution in [3.8, 4) is 11.3 Å². The maximum atomic E-state index is 13.1. The Morgan fingerprint density at radius 1 is 1.00 bits per heavy atom. The molecule has 1 aromatic carbocycles. The molecule has 7 nitrogen and oxygen atoms in total. The first kappa shape index (κ1) is 15.7. The molecule has 1 aliphatic rings. The lowest BCUT2D eigenvalue weighted by atomic mass is 10.0. The third-order valence-corrected chi connectivity index (χ3v) is 5.07. The molecule has 0 spiro atoms. The molecule has 3 aromatic heterocycles. The van der Waals surface area contributed by atoms with Crippen molar-refractivity contribution in [2.24, 2.45) is 0 Å². The molecule has 4 aromatic rings. The van der Waals surface area contributed by atoms with E-state index in [4.69, 9.17) is 0 Å². The highest BCUT2D eigenvalue weighted by Crippen LogP contribution is 2.26. The van der Waals surface area contributed by atoms with Crippen molar-refractivity contribution in [2.45, 2.75) is 12.8 Å². The van der Waals surface area contributed by atoms with E-state index < -0.39 is 0 Å². The number of aromatic nitrogens is 5. The molecule has 1 amide bonds. The van der Waals surface area contributed by atoms with Crippen molar-refractivity contribution >= 4 is 11.6 Å². The molecule has 0 unspecified atom stereocenters. The van der Waals surface area contributed by atoms with Crippen LogP contribution in [0.1, 0.15) is 21.7 Å². The minimum Gasteiger partial charge on any atom is -0.337 e. The number of nitrogens with one attached hydrogen (secondary N) is 1. The molecule has 0 saturated heterocycles. The Balaban J connectivity index is 1.43. The third-order valence-electron chi connectivity index (χ3n) is 5.07. The molecular formula is C20H18N6O. The summed E-state index contributed by atoms with van der Waals surface area (Å²) < 4.78 is 1.60. The average Bonchev–Trinajstić information content (AvgIpc) is 3.30. The summed E-state index contributed by atoms with van der Waals surface area (Å²) in [5.41, 5.74) is 5.62. The van der Waals surface area contributed by atoms with Crippen LogP contribution in [-0.4, -0.2) is 48.7 Å². The van der Waals surface area contributed by atoms with Crippen molar-refractivity contribution in [2.75, 3.05) is 13.1 Å². The largest absolute Gasteiger partial charge is 0.337 e. The van der Waals surface area contributed by atoms with Gasteiger partial charge in [0.1, 0.15) is 12.0 Å². The van der Waals surface area contributed by atoms with Gasteiger partial charge in [-0.3, -0.25) is 9.89 Å². The molecule has 0 atom stereocenters. The van der Waals surface area contributed by atoms with Gasteiger partial charge < -0.3 is 4.90 Å². The molecule has 0 aliphatic carbocycles. The second kappa shape index (κ2) is 6.35. The van der Waals surface area contributed by atoms with E-state index in [0.29, 0.717) is 24.4 Å². The standard InChI is InChI=1S/C20H18N6O/c27-20(17-7-4-8-18-21-13-22-26(17)18)25-11-9-15-16(10-12-25)23-24-19(15)14-5-2-1-3-6-14/h1-8,13H,9-12H2,(H,23,24). The lowest BCUT2D eigenvalue weighted by Crippen LogP contribution is -2.34. The van der Waals surface area contributed by atoms with Crippen LogP contribution in [0.15, 0.2) is 54.9 Å². The topological polar surface area (TPSA) is 79.2 Å². The van der Waals surface area contributed by atoms with Gasteiger partial charge in [0, 0.05) is 36.3 Å². The number of benzene rings is 1. The van der Waals surface area contributed by atoms with Gasteiger partial charge in [-0.05, 0) is 18.6 Å². The Bertz CT molecular complexity index is 1110. The summed E-state index contributed by atoms with van der Waals surface area (Å²) >= 11 is 0. The van der Waals surface area contributed by atoms with Crippen LogP contribution in [0.5, 0.6) is 0 Å². The van der Waals surface area contributed by atoms with E-state index >= 15 is 0 Å². The van der Waals surface area contributed by atoms with E-state index in [2.05, 4.69) is 32.4 Å². The lowest BCUT2D eigenvalue weighted by Gasteiger charge is -2.20. The van der Waals surface area contributed by atoms with E-state index in [-0.39, 0.29) is 5.91 Å². The Hall–Kier alpha value is -3.48. The fourth-order valence-electron chi connectivity index (χ4n) is 3.69. The number of fused-ring (bicyclic) bond motifs is 2. The van der Waals surface area contributed by atoms with E-state index in [1.165, 1.54) is 11.9 Å². The van der Waals surface area contributed by atoms with Crippen molar-refractivity contribution < 1.29 is 4.79 Å². The van der Waals surface area contributed by atoms with Crippen LogP contribution in [0.3, 0.4) is 0 Å². The Morgan fingerprint density at radius 3 is 2.74 bits per heavy atom. The summed E-state index contributed by atoms with van der Waals surface area (Å²) in [6, 6.07) is 15.6. The predicted octanol–water partition coefficient (Wildman–Crippen LogP) is 2.36. The maximum Gasteiger partial charge on any atom is 0.272 e. The average molecular weight is 358 g/mol. The van der Waals surface area contributed by atoms with Gasteiger partial charge in [0.15, 0.2) is 5.65 Å². The highest BCUT2D eigenvalue weighted by molar-refractivity contribution is 5.93. The first-order chi connectivity index (χ1) is 13.3. The number of rotatable bonds is 2. The summed E-state index contributed by atoms with van der Waals surface area (Å²) in [5, 5.41) is 11.9. The van der Waals surface area contributed by atoms with Gasteiger partial charge in [-0.25, -0.2) is 9.50 Å². The maximum absolute atomic E-state index is 13.1. The highest BCUT2D eigenvalue weighted by atomic mass is 16.2. The zero-order valence-electron chi connectivity index (χ0n) is 14.7. The Labute approximate surface area is 155 Å². The second-order valence-electron chi connectivity index (χ2n) is 6.63. The van der Waals surface area contributed by atoms with Crippen molar-refractivity contribution in [3.63, 3.8) is 0 Å². The summed E-state index contributed by atoms with van der Waals surface area (Å²) in [5.74, 6) is -0.0227. The molecule has 5 rings (SSSR count). The molecule has 27 heavy (non-hydrogen) atoms. The van der Waals surface area contributed by atoms with Gasteiger partial charge in [0.25, 0.3) is 5.91 Å². The molecule has 7 heteroatoms.